The number of imidazole rings is 1. The Kier molecular flexibility index (Phi) is 4.89. The molecule has 1 unspecified atom stereocenters. The van der Waals surface area contributed by atoms with E-state index >= 15 is 0 Å². The average molecular weight is 425 g/mol. The van der Waals surface area contributed by atoms with Gasteiger partial charge in [-0.25, -0.2) is 20.1 Å². The number of aliphatic hydroxyl groups is 2. The molecule has 13 nitrogen and oxygen atoms in total. The van der Waals surface area contributed by atoms with E-state index in [4.69, 9.17) is 9.47 Å². The van der Waals surface area contributed by atoms with Crippen molar-refractivity contribution in [1.29, 1.82) is 0 Å². The van der Waals surface area contributed by atoms with Gasteiger partial charge in [0.05, 0.1) is 13.4 Å². The summed E-state index contributed by atoms with van der Waals surface area (Å²) in [6.45, 7) is 0.519. The van der Waals surface area contributed by atoms with Crippen LogP contribution in [0.3, 0.4) is 0 Å². The molecular formula is C18H19N9O4. The maximum atomic E-state index is 10.5. The lowest BCUT2D eigenvalue weighted by Gasteiger charge is -2.16. The standard InChI is InChI=1S/C18H19N9O4/c1-30-10-4-2-9(3-5-10)6-19-15-11-17(21-7-20-15)27(8-22-11)18-13(29)12(28)14(31-18)16-23-25-26-24-16/h2-5,7-8,12-14,18,28-29H,6H2,1H3,(H,19,20,21)(H,23,24,25,26)/t12?,13-,14-,18+/m0/s1. The van der Waals surface area contributed by atoms with Crippen molar-refractivity contribution < 1.29 is 19.7 Å². The summed E-state index contributed by atoms with van der Waals surface area (Å²) in [7, 11) is 1.62. The van der Waals surface area contributed by atoms with Crippen molar-refractivity contribution in [2.45, 2.75) is 31.1 Å². The van der Waals surface area contributed by atoms with Crippen LogP contribution in [0.1, 0.15) is 23.7 Å². The van der Waals surface area contributed by atoms with Crippen LogP contribution in [0.2, 0.25) is 0 Å². The minimum atomic E-state index is -1.24. The number of aromatic amines is 1. The number of ether oxygens (including phenoxy) is 2. The second-order valence-electron chi connectivity index (χ2n) is 6.96. The Labute approximate surface area is 175 Å². The first-order valence-corrected chi connectivity index (χ1v) is 9.45. The number of benzene rings is 1. The highest BCUT2D eigenvalue weighted by Crippen LogP contribution is 2.38. The summed E-state index contributed by atoms with van der Waals surface area (Å²) in [4.78, 5) is 12.9. The molecule has 13 heteroatoms. The van der Waals surface area contributed by atoms with Crippen molar-refractivity contribution in [1.82, 2.24) is 40.1 Å². The summed E-state index contributed by atoms with van der Waals surface area (Å²) >= 11 is 0. The fourth-order valence-electron chi connectivity index (χ4n) is 3.50. The monoisotopic (exact) mass is 425 g/mol. The molecular weight excluding hydrogens is 406 g/mol. The Balaban J connectivity index is 1.39. The lowest BCUT2D eigenvalue weighted by molar-refractivity contribution is -0.0383. The molecule has 1 aromatic carbocycles. The predicted molar refractivity (Wildman–Crippen MR) is 105 cm³/mol. The number of H-pyrrole nitrogens is 1. The topological polar surface area (TPSA) is 169 Å². The molecule has 0 aliphatic carbocycles. The maximum Gasteiger partial charge on any atom is 0.180 e. The van der Waals surface area contributed by atoms with E-state index in [9.17, 15) is 10.2 Å². The molecule has 160 valence electrons. The third-order valence-electron chi connectivity index (χ3n) is 5.12. The van der Waals surface area contributed by atoms with E-state index in [1.807, 2.05) is 24.3 Å². The first kappa shape index (κ1) is 19.3. The van der Waals surface area contributed by atoms with Gasteiger partial charge in [0, 0.05) is 6.54 Å². The lowest BCUT2D eigenvalue weighted by Crippen LogP contribution is -2.29. The van der Waals surface area contributed by atoms with Crippen molar-refractivity contribution in [3.05, 3.63) is 48.3 Å². The van der Waals surface area contributed by atoms with Crippen LogP contribution in [0.4, 0.5) is 5.82 Å². The summed E-state index contributed by atoms with van der Waals surface area (Å²) in [5.74, 6) is 1.53. The van der Waals surface area contributed by atoms with E-state index in [-0.39, 0.29) is 5.82 Å². The van der Waals surface area contributed by atoms with E-state index in [1.165, 1.54) is 12.7 Å². The van der Waals surface area contributed by atoms with Gasteiger partial charge in [0.2, 0.25) is 0 Å². The number of hydrogen-bond acceptors (Lipinski definition) is 11. The quantitative estimate of drug-likeness (QED) is 0.327. The van der Waals surface area contributed by atoms with Gasteiger partial charge in [-0.3, -0.25) is 4.57 Å². The minimum Gasteiger partial charge on any atom is -0.497 e. The molecule has 4 heterocycles. The molecule has 0 amide bonds. The minimum absolute atomic E-state index is 0.218. The number of anilines is 1. The normalized spacial score (nSPS) is 23.3. The molecule has 0 radical (unpaired) electrons. The van der Waals surface area contributed by atoms with Gasteiger partial charge in [-0.05, 0) is 28.1 Å². The first-order chi connectivity index (χ1) is 15.2. The van der Waals surface area contributed by atoms with E-state index in [1.54, 1.807) is 11.7 Å². The van der Waals surface area contributed by atoms with E-state index in [0.717, 1.165) is 11.3 Å². The number of nitrogens with zero attached hydrogens (tertiary/aromatic N) is 7. The van der Waals surface area contributed by atoms with Gasteiger partial charge in [0.25, 0.3) is 0 Å². The SMILES string of the molecule is COc1ccc(CNc2ncnc3c2ncn3[C@@H]2O[C@H](c3nnn[nH]3)C(O)[C@@H]2O)cc1. The van der Waals surface area contributed by atoms with Crippen LogP contribution in [0, 0.1) is 0 Å². The molecule has 4 atom stereocenters. The third-order valence-corrected chi connectivity index (χ3v) is 5.12. The molecule has 1 aliphatic heterocycles. The molecule has 0 spiro atoms. The van der Waals surface area contributed by atoms with Crippen molar-refractivity contribution in [3.63, 3.8) is 0 Å². The van der Waals surface area contributed by atoms with Gasteiger partial charge in [-0.15, -0.1) is 5.10 Å². The average Bonchev–Trinajstić information content (AvgIpc) is 3.53. The van der Waals surface area contributed by atoms with Gasteiger partial charge >= 0.3 is 0 Å². The van der Waals surface area contributed by atoms with E-state index in [0.29, 0.717) is 23.5 Å². The second kappa shape index (κ2) is 7.86. The second-order valence-corrected chi connectivity index (χ2v) is 6.96. The Morgan fingerprint density at radius 1 is 1.16 bits per heavy atom. The van der Waals surface area contributed by atoms with Crippen LogP contribution in [0.5, 0.6) is 5.75 Å². The molecule has 31 heavy (non-hydrogen) atoms. The molecule has 3 aromatic heterocycles. The van der Waals surface area contributed by atoms with Crippen molar-refractivity contribution in [2.75, 3.05) is 12.4 Å². The molecule has 4 N–H and O–H groups in total. The van der Waals surface area contributed by atoms with Gasteiger partial charge < -0.3 is 25.0 Å². The Morgan fingerprint density at radius 2 is 2.00 bits per heavy atom. The smallest absolute Gasteiger partial charge is 0.180 e. The number of aliphatic hydroxyl groups excluding tert-OH is 2. The molecule has 1 fully saturated rings. The van der Waals surface area contributed by atoms with Crippen LogP contribution in [0.25, 0.3) is 11.2 Å². The zero-order valence-corrected chi connectivity index (χ0v) is 16.3. The van der Waals surface area contributed by atoms with Gasteiger partial charge in [0.1, 0.15) is 30.4 Å². The fraction of sp³-hybridized carbons (Fsp3) is 0.333. The number of rotatable bonds is 6. The first-order valence-electron chi connectivity index (χ1n) is 9.45. The number of hydrogen-bond donors (Lipinski definition) is 4. The number of nitrogens with one attached hydrogen (secondary N) is 2. The van der Waals surface area contributed by atoms with E-state index in [2.05, 4.69) is 40.9 Å². The van der Waals surface area contributed by atoms with Crippen molar-refractivity contribution in [3.8, 4) is 5.75 Å². The van der Waals surface area contributed by atoms with Gasteiger partial charge in [-0.1, -0.05) is 12.1 Å². The third kappa shape index (κ3) is 3.43. The molecule has 1 aliphatic rings. The zero-order chi connectivity index (χ0) is 21.4. The highest BCUT2D eigenvalue weighted by molar-refractivity contribution is 5.82. The van der Waals surface area contributed by atoms with Crippen molar-refractivity contribution >= 4 is 17.0 Å². The molecule has 0 saturated carbocycles. The maximum absolute atomic E-state index is 10.5. The van der Waals surface area contributed by atoms with Crippen LogP contribution < -0.4 is 10.1 Å². The Morgan fingerprint density at radius 3 is 2.74 bits per heavy atom. The zero-order valence-electron chi connectivity index (χ0n) is 16.3. The number of tetrazole rings is 1. The fourth-order valence-corrected chi connectivity index (χ4v) is 3.50. The van der Waals surface area contributed by atoms with Gasteiger partial charge in [-0.2, -0.15) is 0 Å². The lowest BCUT2D eigenvalue weighted by atomic mass is 10.1. The van der Waals surface area contributed by atoms with Crippen molar-refractivity contribution in [2.24, 2.45) is 0 Å². The summed E-state index contributed by atoms with van der Waals surface area (Å²) < 4.78 is 12.6. The molecule has 0 bridgehead atoms. The van der Waals surface area contributed by atoms with Crippen LogP contribution in [-0.4, -0.2) is 69.7 Å². The summed E-state index contributed by atoms with van der Waals surface area (Å²) in [6.07, 6.45) is -1.43. The largest absolute Gasteiger partial charge is 0.497 e. The van der Waals surface area contributed by atoms with Crippen LogP contribution >= 0.6 is 0 Å². The Bertz CT molecular complexity index is 1160. The van der Waals surface area contributed by atoms with Gasteiger partial charge in [0.15, 0.2) is 29.0 Å². The van der Waals surface area contributed by atoms with E-state index < -0.39 is 24.5 Å². The highest BCUT2D eigenvalue weighted by Gasteiger charge is 2.46. The predicted octanol–water partition coefficient (Wildman–Crippen LogP) is -0.0480. The number of fused-ring (bicyclic) bond motifs is 1. The number of aromatic nitrogens is 8. The van der Waals surface area contributed by atoms with Crippen LogP contribution in [-0.2, 0) is 11.3 Å². The highest BCUT2D eigenvalue weighted by atomic mass is 16.6. The number of methoxy groups -OCH3 is 1. The molecule has 5 rings (SSSR count). The summed E-state index contributed by atoms with van der Waals surface area (Å²) in [6, 6.07) is 7.66. The summed E-state index contributed by atoms with van der Waals surface area (Å²) in [5.41, 5.74) is 1.99. The molecule has 1 saturated heterocycles. The molecule has 4 aromatic rings. The summed E-state index contributed by atoms with van der Waals surface area (Å²) in [5, 5.41) is 37.5. The Hall–Kier alpha value is -3.68. The van der Waals surface area contributed by atoms with Crippen LogP contribution in [0.15, 0.2) is 36.9 Å².